The summed E-state index contributed by atoms with van der Waals surface area (Å²) in [5.74, 6) is 1.29. The lowest BCUT2D eigenvalue weighted by molar-refractivity contribution is -0.224. The number of aromatic hydroxyl groups is 1. The van der Waals surface area contributed by atoms with Crippen molar-refractivity contribution in [2.45, 2.75) is 95.4 Å². The van der Waals surface area contributed by atoms with Gasteiger partial charge >= 0.3 is 5.97 Å². The molecule has 2 aromatic rings. The van der Waals surface area contributed by atoms with Crippen molar-refractivity contribution in [1.82, 2.24) is 9.80 Å². The van der Waals surface area contributed by atoms with E-state index in [1.165, 1.54) is 25.3 Å². The minimum Gasteiger partial charge on any atom is -0.504 e. The molecule has 2 aromatic carbocycles. The van der Waals surface area contributed by atoms with E-state index in [9.17, 15) is 14.7 Å². The second-order valence-electron chi connectivity index (χ2n) is 14.1. The Balaban J connectivity index is 1.33. The van der Waals surface area contributed by atoms with Crippen molar-refractivity contribution in [2.75, 3.05) is 19.6 Å². The minimum absolute atomic E-state index is 0.0382. The summed E-state index contributed by atoms with van der Waals surface area (Å²) in [6.45, 7) is 10.3. The van der Waals surface area contributed by atoms with Gasteiger partial charge in [0, 0.05) is 31.7 Å². The number of piperidine rings is 1. The molecule has 43 heavy (non-hydrogen) atoms. The van der Waals surface area contributed by atoms with Gasteiger partial charge in [-0.15, -0.1) is 0 Å². The largest absolute Gasteiger partial charge is 0.504 e. The van der Waals surface area contributed by atoms with E-state index in [1.807, 2.05) is 42.2 Å². The summed E-state index contributed by atoms with van der Waals surface area (Å²) < 4.78 is 13.5. The van der Waals surface area contributed by atoms with Gasteiger partial charge in [-0.05, 0) is 87.1 Å². The first-order chi connectivity index (χ1) is 20.6. The average Bonchev–Trinajstić information content (AvgIpc) is 3.70. The summed E-state index contributed by atoms with van der Waals surface area (Å²) in [6.07, 6.45) is 8.53. The standard InChI is InChI=1S/C36H44N2O5/c1-22(2)20-38(31(41)13-10-25-7-5-6-23(3)18-25)28-14-15-36(43-24(4)39)30-19-27-11-12-29(40)33-32(27)35(36,34(28)42-33)16-17-37(30)21-26-8-9-26/h5-7,10-13,18,22,26,28,30,34,40H,8-9,14-17,19-21H2,1-4H3/t28-,30-,34+,35+,36-/m1/s1. The summed E-state index contributed by atoms with van der Waals surface area (Å²) in [5.41, 5.74) is 2.91. The van der Waals surface area contributed by atoms with Gasteiger partial charge in [-0.1, -0.05) is 49.7 Å². The number of phenolic OH excluding ortho intramolecular Hbond substituents is 1. The van der Waals surface area contributed by atoms with Crippen LogP contribution in [-0.2, 0) is 26.2 Å². The first-order valence-electron chi connectivity index (χ1n) is 16.1. The number of nitrogens with zero attached hydrogens (tertiary/aromatic N) is 2. The van der Waals surface area contributed by atoms with Crippen LogP contribution in [0.5, 0.6) is 11.5 Å². The van der Waals surface area contributed by atoms with Gasteiger partial charge in [0.25, 0.3) is 0 Å². The van der Waals surface area contributed by atoms with Gasteiger partial charge in [0.05, 0.1) is 17.5 Å². The van der Waals surface area contributed by atoms with E-state index >= 15 is 0 Å². The molecule has 1 spiro atoms. The molecule has 3 fully saturated rings. The fraction of sp³-hybridized carbons (Fsp3) is 0.556. The van der Waals surface area contributed by atoms with Crippen molar-refractivity contribution in [1.29, 1.82) is 0 Å². The molecule has 2 bridgehead atoms. The third kappa shape index (κ3) is 4.49. The molecule has 5 atom stereocenters. The van der Waals surface area contributed by atoms with E-state index in [1.54, 1.807) is 12.1 Å². The number of carbonyl (C=O) groups is 2. The van der Waals surface area contributed by atoms with E-state index in [0.717, 1.165) is 42.6 Å². The molecule has 7 heteroatoms. The van der Waals surface area contributed by atoms with Crippen LogP contribution in [0.1, 0.15) is 75.1 Å². The Bertz CT molecular complexity index is 1480. The monoisotopic (exact) mass is 584 g/mol. The van der Waals surface area contributed by atoms with Crippen LogP contribution < -0.4 is 4.74 Å². The maximum Gasteiger partial charge on any atom is 0.303 e. The lowest BCUT2D eigenvalue weighted by atomic mass is 9.48. The van der Waals surface area contributed by atoms with Gasteiger partial charge in [-0.2, -0.15) is 0 Å². The highest BCUT2D eigenvalue weighted by Crippen LogP contribution is 2.67. The first-order valence-corrected chi connectivity index (χ1v) is 16.1. The molecule has 0 aromatic heterocycles. The van der Waals surface area contributed by atoms with Crippen LogP contribution in [-0.4, -0.2) is 70.2 Å². The van der Waals surface area contributed by atoms with Gasteiger partial charge in [0.2, 0.25) is 5.91 Å². The molecule has 1 amide bonds. The van der Waals surface area contributed by atoms with Crippen molar-refractivity contribution < 1.29 is 24.2 Å². The second-order valence-corrected chi connectivity index (χ2v) is 14.1. The van der Waals surface area contributed by atoms with Crippen LogP contribution in [0.4, 0.5) is 0 Å². The SMILES string of the molecule is CC(=O)O[C@@]12CC[C@@H](N(CC(C)C)C(=O)C=Cc3cccc(C)c3)[C@@H]3Oc4c(O)ccc5c4[C@@]31CCN(CC1CC1)[C@@H]2C5. The van der Waals surface area contributed by atoms with Crippen molar-refractivity contribution in [3.63, 3.8) is 0 Å². The third-order valence-electron chi connectivity index (χ3n) is 10.7. The normalized spacial score (nSPS) is 30.7. The van der Waals surface area contributed by atoms with Crippen LogP contribution in [0.15, 0.2) is 42.5 Å². The number of rotatable bonds is 8. The van der Waals surface area contributed by atoms with Crippen LogP contribution in [0.2, 0.25) is 0 Å². The van der Waals surface area contributed by atoms with E-state index in [4.69, 9.17) is 9.47 Å². The molecular formula is C36H44N2O5. The minimum atomic E-state index is -0.775. The first kappa shape index (κ1) is 28.5. The predicted octanol–water partition coefficient (Wildman–Crippen LogP) is 5.40. The zero-order valence-electron chi connectivity index (χ0n) is 25.8. The Hall–Kier alpha value is -3.32. The maximum atomic E-state index is 14.1. The number of aryl methyl sites for hydroxylation is 1. The molecule has 2 heterocycles. The number of hydrogen-bond donors (Lipinski definition) is 1. The lowest BCUT2D eigenvalue weighted by Gasteiger charge is -2.65. The topological polar surface area (TPSA) is 79.3 Å². The predicted molar refractivity (Wildman–Crippen MR) is 165 cm³/mol. The molecule has 1 saturated heterocycles. The molecule has 0 radical (unpaired) electrons. The van der Waals surface area contributed by atoms with E-state index in [-0.39, 0.29) is 35.6 Å². The molecule has 3 aliphatic carbocycles. The Labute approximate surface area is 254 Å². The van der Waals surface area contributed by atoms with Crippen LogP contribution in [0.25, 0.3) is 6.08 Å². The summed E-state index contributed by atoms with van der Waals surface area (Å²) in [4.78, 5) is 31.6. The summed E-state index contributed by atoms with van der Waals surface area (Å²) in [6, 6.07) is 11.7. The smallest absolute Gasteiger partial charge is 0.303 e. The maximum absolute atomic E-state index is 14.1. The number of ether oxygens (including phenoxy) is 2. The van der Waals surface area contributed by atoms with Gasteiger partial charge in [0.15, 0.2) is 11.5 Å². The number of likely N-dealkylation sites (tertiary alicyclic amines) is 1. The van der Waals surface area contributed by atoms with Gasteiger partial charge in [0.1, 0.15) is 11.7 Å². The molecule has 7 rings (SSSR count). The van der Waals surface area contributed by atoms with Gasteiger partial charge in [-0.3, -0.25) is 14.5 Å². The number of carbonyl (C=O) groups excluding carboxylic acids is 2. The van der Waals surface area contributed by atoms with Crippen molar-refractivity contribution in [2.24, 2.45) is 11.8 Å². The number of benzene rings is 2. The third-order valence-corrected chi connectivity index (χ3v) is 10.7. The number of hydrogen-bond acceptors (Lipinski definition) is 6. The zero-order chi connectivity index (χ0) is 30.1. The Morgan fingerprint density at radius 2 is 2.00 bits per heavy atom. The van der Waals surface area contributed by atoms with Crippen LogP contribution >= 0.6 is 0 Å². The lowest BCUT2D eigenvalue weighted by Crippen LogP contribution is -2.79. The molecular weight excluding hydrogens is 540 g/mol. The molecule has 0 unspecified atom stereocenters. The average molecular weight is 585 g/mol. The highest BCUT2D eigenvalue weighted by Gasteiger charge is 2.75. The molecule has 228 valence electrons. The Kier molecular flexibility index (Phi) is 6.88. The van der Waals surface area contributed by atoms with Gasteiger partial charge < -0.3 is 19.5 Å². The van der Waals surface area contributed by atoms with E-state index in [0.29, 0.717) is 31.1 Å². The summed E-state index contributed by atoms with van der Waals surface area (Å²) >= 11 is 0. The number of phenols is 1. The second kappa shape index (κ2) is 10.4. The molecule has 2 saturated carbocycles. The highest BCUT2D eigenvalue weighted by molar-refractivity contribution is 5.92. The van der Waals surface area contributed by atoms with Crippen LogP contribution in [0, 0.1) is 18.8 Å². The fourth-order valence-corrected chi connectivity index (χ4v) is 9.03. The highest BCUT2D eigenvalue weighted by atomic mass is 16.6. The molecule has 2 aliphatic heterocycles. The van der Waals surface area contributed by atoms with Crippen molar-refractivity contribution in [3.8, 4) is 11.5 Å². The zero-order valence-corrected chi connectivity index (χ0v) is 25.8. The Morgan fingerprint density at radius 3 is 2.72 bits per heavy atom. The van der Waals surface area contributed by atoms with Crippen LogP contribution in [0.3, 0.4) is 0 Å². The summed E-state index contributed by atoms with van der Waals surface area (Å²) in [7, 11) is 0. The Morgan fingerprint density at radius 1 is 1.19 bits per heavy atom. The quantitative estimate of drug-likeness (QED) is 0.331. The molecule has 5 aliphatic rings. The molecule has 1 N–H and O–H groups in total. The van der Waals surface area contributed by atoms with E-state index < -0.39 is 17.1 Å². The summed E-state index contributed by atoms with van der Waals surface area (Å²) in [5, 5.41) is 11.1. The number of amides is 1. The fourth-order valence-electron chi connectivity index (χ4n) is 9.03. The molecule has 7 nitrogen and oxygen atoms in total. The van der Waals surface area contributed by atoms with E-state index in [2.05, 4.69) is 24.8 Å². The number of esters is 1. The van der Waals surface area contributed by atoms with Crippen molar-refractivity contribution >= 4 is 18.0 Å². The van der Waals surface area contributed by atoms with Crippen molar-refractivity contribution in [3.05, 3.63) is 64.7 Å². The van der Waals surface area contributed by atoms with Gasteiger partial charge in [-0.25, -0.2) is 0 Å².